The molecule has 1 saturated carbocycles. The molecule has 0 saturated heterocycles. The molecule has 1 aliphatic carbocycles. The van der Waals surface area contributed by atoms with Crippen molar-refractivity contribution < 1.29 is 0 Å². The second kappa shape index (κ2) is 2.16. The van der Waals surface area contributed by atoms with Gasteiger partial charge in [-0.25, -0.2) is 4.98 Å². The van der Waals surface area contributed by atoms with E-state index >= 15 is 0 Å². The van der Waals surface area contributed by atoms with Crippen LogP contribution in [0, 0.1) is 0 Å². The molecule has 1 aliphatic rings. The smallest absolute Gasteiger partial charge is 0.220 e. The van der Waals surface area contributed by atoms with Crippen molar-refractivity contribution in [2.75, 3.05) is 0 Å². The van der Waals surface area contributed by atoms with Crippen LogP contribution in [0.4, 0.5) is 0 Å². The molecule has 0 atom stereocenters. The van der Waals surface area contributed by atoms with Crippen LogP contribution in [0.1, 0.15) is 24.5 Å². The number of nitrogens with zero attached hydrogens (tertiary/aromatic N) is 3. The van der Waals surface area contributed by atoms with E-state index in [0.717, 1.165) is 5.69 Å². The van der Waals surface area contributed by atoms with Crippen molar-refractivity contribution in [3.05, 3.63) is 17.2 Å². The highest BCUT2D eigenvalue weighted by molar-refractivity contribution is 6.28. The second-order valence-corrected chi connectivity index (χ2v) is 2.76. The topological polar surface area (TPSA) is 38.7 Å². The van der Waals surface area contributed by atoms with Crippen molar-refractivity contribution in [3.63, 3.8) is 0 Å². The van der Waals surface area contributed by atoms with Crippen molar-refractivity contribution in [2.24, 2.45) is 0 Å². The number of aromatic nitrogens is 3. The van der Waals surface area contributed by atoms with Gasteiger partial charge in [0.25, 0.3) is 0 Å². The van der Waals surface area contributed by atoms with Crippen LogP contribution in [-0.4, -0.2) is 15.2 Å². The van der Waals surface area contributed by atoms with Crippen LogP contribution in [0.2, 0.25) is 5.28 Å². The second-order valence-electron chi connectivity index (χ2n) is 2.42. The minimum atomic E-state index is 0.254. The Labute approximate surface area is 63.5 Å². The summed E-state index contributed by atoms with van der Waals surface area (Å²) in [6.07, 6.45) is 4.12. The molecule has 0 N–H and O–H groups in total. The van der Waals surface area contributed by atoms with Crippen molar-refractivity contribution in [1.29, 1.82) is 0 Å². The van der Waals surface area contributed by atoms with Crippen LogP contribution in [0.15, 0.2) is 6.20 Å². The van der Waals surface area contributed by atoms with Gasteiger partial charge in [0.15, 0.2) is 0 Å². The van der Waals surface area contributed by atoms with Crippen LogP contribution < -0.4 is 0 Å². The average molecular weight is 156 g/mol. The Morgan fingerprint density at radius 2 is 2.30 bits per heavy atom. The lowest BCUT2D eigenvalue weighted by molar-refractivity contribution is 0.893. The predicted octanol–water partition coefficient (Wildman–Crippen LogP) is 1.40. The molecule has 0 radical (unpaired) electrons. The minimum absolute atomic E-state index is 0.254. The Kier molecular flexibility index (Phi) is 1.31. The molecule has 1 heterocycles. The Balaban J connectivity index is 2.32. The lowest BCUT2D eigenvalue weighted by Gasteiger charge is -1.92. The van der Waals surface area contributed by atoms with Crippen molar-refractivity contribution in [2.45, 2.75) is 18.8 Å². The SMILES string of the molecule is Clc1nncc(C2CC2)n1. The van der Waals surface area contributed by atoms with Gasteiger partial charge in [-0.2, -0.15) is 5.10 Å². The highest BCUT2D eigenvalue weighted by Crippen LogP contribution is 2.38. The van der Waals surface area contributed by atoms with Gasteiger partial charge in [-0.3, -0.25) is 0 Å². The highest BCUT2D eigenvalue weighted by Gasteiger charge is 2.25. The largest absolute Gasteiger partial charge is 0.243 e. The molecule has 1 aromatic rings. The third kappa shape index (κ3) is 1.09. The molecule has 0 spiro atoms. The number of halogens is 1. The monoisotopic (exact) mass is 155 g/mol. The van der Waals surface area contributed by atoms with Crippen molar-refractivity contribution in [3.8, 4) is 0 Å². The van der Waals surface area contributed by atoms with Gasteiger partial charge in [0.05, 0.1) is 11.9 Å². The zero-order valence-electron chi connectivity index (χ0n) is 5.29. The fourth-order valence-electron chi connectivity index (χ4n) is 0.869. The van der Waals surface area contributed by atoms with E-state index in [2.05, 4.69) is 15.2 Å². The number of hydrogen-bond acceptors (Lipinski definition) is 3. The van der Waals surface area contributed by atoms with E-state index in [-0.39, 0.29) is 5.28 Å². The summed E-state index contributed by atoms with van der Waals surface area (Å²) in [4.78, 5) is 4.03. The maximum atomic E-state index is 5.53. The molecule has 4 heteroatoms. The molecule has 1 fully saturated rings. The van der Waals surface area contributed by atoms with Crippen LogP contribution in [0.5, 0.6) is 0 Å². The Morgan fingerprint density at radius 1 is 1.50 bits per heavy atom. The lowest BCUT2D eigenvalue weighted by Crippen LogP contribution is -1.91. The first-order chi connectivity index (χ1) is 4.86. The van der Waals surface area contributed by atoms with Crippen LogP contribution in [0.3, 0.4) is 0 Å². The van der Waals surface area contributed by atoms with E-state index in [1.807, 2.05) is 0 Å². The summed E-state index contributed by atoms with van der Waals surface area (Å²) in [6.45, 7) is 0. The highest BCUT2D eigenvalue weighted by atomic mass is 35.5. The molecule has 0 unspecified atom stereocenters. The summed E-state index contributed by atoms with van der Waals surface area (Å²) in [5, 5.41) is 7.51. The molecule has 2 rings (SSSR count). The van der Waals surface area contributed by atoms with E-state index in [0.29, 0.717) is 5.92 Å². The van der Waals surface area contributed by atoms with E-state index in [4.69, 9.17) is 11.6 Å². The fourth-order valence-corrected chi connectivity index (χ4v) is 1.01. The zero-order chi connectivity index (χ0) is 6.97. The van der Waals surface area contributed by atoms with Gasteiger partial charge in [0.1, 0.15) is 0 Å². The first kappa shape index (κ1) is 6.04. The molecular formula is C6H6ClN3. The molecule has 1 aromatic heterocycles. The molecule has 0 aliphatic heterocycles. The zero-order valence-corrected chi connectivity index (χ0v) is 6.04. The first-order valence-electron chi connectivity index (χ1n) is 3.21. The first-order valence-corrected chi connectivity index (χ1v) is 3.59. The van der Waals surface area contributed by atoms with E-state index in [9.17, 15) is 0 Å². The fraction of sp³-hybridized carbons (Fsp3) is 0.500. The normalized spacial score (nSPS) is 17.3. The maximum absolute atomic E-state index is 5.53. The summed E-state index contributed by atoms with van der Waals surface area (Å²) >= 11 is 5.53. The maximum Gasteiger partial charge on any atom is 0.243 e. The van der Waals surface area contributed by atoms with Gasteiger partial charge in [-0.05, 0) is 24.4 Å². The Hall–Kier alpha value is -0.700. The third-order valence-corrected chi connectivity index (χ3v) is 1.71. The van der Waals surface area contributed by atoms with E-state index < -0.39 is 0 Å². The van der Waals surface area contributed by atoms with Crippen LogP contribution >= 0.6 is 11.6 Å². The Bertz CT molecular complexity index is 247. The Morgan fingerprint density at radius 3 is 2.90 bits per heavy atom. The van der Waals surface area contributed by atoms with Crippen molar-refractivity contribution in [1.82, 2.24) is 15.2 Å². The molecule has 0 bridgehead atoms. The molecular weight excluding hydrogens is 150 g/mol. The standard InChI is InChI=1S/C6H6ClN3/c7-6-9-5(3-8-10-6)4-1-2-4/h3-4H,1-2H2. The molecule has 10 heavy (non-hydrogen) atoms. The number of rotatable bonds is 1. The van der Waals surface area contributed by atoms with Crippen LogP contribution in [0.25, 0.3) is 0 Å². The quantitative estimate of drug-likeness (QED) is 0.616. The van der Waals surface area contributed by atoms with Gasteiger partial charge < -0.3 is 0 Å². The third-order valence-electron chi connectivity index (χ3n) is 1.55. The molecule has 52 valence electrons. The minimum Gasteiger partial charge on any atom is -0.220 e. The average Bonchev–Trinajstić information content (AvgIpc) is 2.68. The lowest BCUT2D eigenvalue weighted by atomic mass is 10.3. The molecule has 0 amide bonds. The molecule has 3 nitrogen and oxygen atoms in total. The summed E-state index contributed by atoms with van der Waals surface area (Å²) in [6, 6.07) is 0. The van der Waals surface area contributed by atoms with Gasteiger partial charge in [-0.1, -0.05) is 0 Å². The summed E-state index contributed by atoms with van der Waals surface area (Å²) in [5.41, 5.74) is 0.986. The predicted molar refractivity (Wildman–Crippen MR) is 36.8 cm³/mol. The van der Waals surface area contributed by atoms with Gasteiger partial charge >= 0.3 is 0 Å². The van der Waals surface area contributed by atoms with Gasteiger partial charge in [0, 0.05) is 5.92 Å². The summed E-state index contributed by atoms with van der Waals surface area (Å²) < 4.78 is 0. The van der Waals surface area contributed by atoms with Gasteiger partial charge in [0.2, 0.25) is 5.28 Å². The van der Waals surface area contributed by atoms with Gasteiger partial charge in [-0.15, -0.1) is 5.10 Å². The van der Waals surface area contributed by atoms with Crippen molar-refractivity contribution >= 4 is 11.6 Å². The van der Waals surface area contributed by atoms with Crippen LogP contribution in [-0.2, 0) is 0 Å². The van der Waals surface area contributed by atoms with E-state index in [1.165, 1.54) is 12.8 Å². The molecule has 0 aromatic carbocycles. The summed E-state index contributed by atoms with van der Waals surface area (Å²) in [7, 11) is 0. The van der Waals surface area contributed by atoms with E-state index in [1.54, 1.807) is 6.20 Å². The summed E-state index contributed by atoms with van der Waals surface area (Å²) in [5.74, 6) is 0.605. The number of hydrogen-bond donors (Lipinski definition) is 0.